The van der Waals surface area contributed by atoms with E-state index in [9.17, 15) is 8.42 Å². The molecule has 0 bridgehead atoms. The molecule has 12 heavy (non-hydrogen) atoms. The molecule has 0 amide bonds. The summed E-state index contributed by atoms with van der Waals surface area (Å²) >= 11 is 0. The average Bonchev–Trinajstić information content (AvgIpc) is 1.92. The minimum absolute atomic E-state index is 0.0905. The van der Waals surface area contributed by atoms with E-state index in [1.807, 2.05) is 6.92 Å². The van der Waals surface area contributed by atoms with Gasteiger partial charge >= 0.3 is 0 Å². The Balaban J connectivity index is 3.33. The Bertz CT molecular complexity index is 400. The summed E-state index contributed by atoms with van der Waals surface area (Å²) in [5.41, 5.74) is 1.62. The second kappa shape index (κ2) is 3.03. The summed E-state index contributed by atoms with van der Waals surface area (Å²) in [5, 5.41) is -0.0905. The maximum absolute atomic E-state index is 10.8. The second-order valence-corrected chi connectivity index (χ2v) is 5.00. The highest BCUT2D eigenvalue weighted by Crippen LogP contribution is 2.13. The smallest absolute Gasteiger partial charge is 0.240 e. The molecule has 1 aromatic heterocycles. The van der Waals surface area contributed by atoms with Crippen LogP contribution < -0.4 is 0 Å². The number of rotatable bonds is 1. The van der Waals surface area contributed by atoms with E-state index in [2.05, 4.69) is 4.98 Å². The maximum Gasteiger partial charge on any atom is 0.278 e. The summed E-state index contributed by atoms with van der Waals surface area (Å²) in [6.45, 7) is 3.59. The Labute approximate surface area is 75.8 Å². The predicted molar refractivity (Wildman–Crippen MR) is 46.7 cm³/mol. The molecule has 66 valence electrons. The van der Waals surface area contributed by atoms with Gasteiger partial charge in [-0.15, -0.1) is 0 Å². The number of halogens is 1. The monoisotopic (exact) mass is 205 g/mol. The molecule has 0 radical (unpaired) electrons. The van der Waals surface area contributed by atoms with E-state index in [0.717, 1.165) is 5.56 Å². The zero-order valence-corrected chi connectivity index (χ0v) is 8.28. The van der Waals surface area contributed by atoms with Gasteiger partial charge in [0.25, 0.3) is 9.05 Å². The summed E-state index contributed by atoms with van der Waals surface area (Å²) in [7, 11) is 1.41. The molecule has 5 heteroatoms. The van der Waals surface area contributed by atoms with Crippen LogP contribution in [0.25, 0.3) is 0 Å². The van der Waals surface area contributed by atoms with E-state index >= 15 is 0 Å². The molecule has 0 aliphatic heterocycles. The van der Waals surface area contributed by atoms with Gasteiger partial charge in [-0.05, 0) is 25.5 Å². The van der Waals surface area contributed by atoms with E-state index in [1.54, 1.807) is 13.0 Å². The fourth-order valence-corrected chi connectivity index (χ4v) is 1.48. The van der Waals surface area contributed by atoms with Crippen molar-refractivity contribution in [3.8, 4) is 0 Å². The Morgan fingerprint density at radius 1 is 1.33 bits per heavy atom. The third kappa shape index (κ3) is 1.95. The maximum atomic E-state index is 10.8. The summed E-state index contributed by atoms with van der Waals surface area (Å²) in [6.07, 6.45) is 0. The van der Waals surface area contributed by atoms with Crippen LogP contribution in [0.1, 0.15) is 11.3 Å². The third-order valence-electron chi connectivity index (χ3n) is 1.57. The lowest BCUT2D eigenvalue weighted by Crippen LogP contribution is -1.97. The molecule has 0 unspecified atom stereocenters. The average molecular weight is 206 g/mol. The topological polar surface area (TPSA) is 47.0 Å². The lowest BCUT2D eigenvalue weighted by atomic mass is 10.2. The van der Waals surface area contributed by atoms with Crippen LogP contribution in [-0.2, 0) is 9.05 Å². The number of pyridine rings is 1. The van der Waals surface area contributed by atoms with Gasteiger partial charge < -0.3 is 0 Å². The zero-order chi connectivity index (χ0) is 9.35. The highest BCUT2D eigenvalue weighted by molar-refractivity contribution is 8.13. The van der Waals surface area contributed by atoms with Crippen LogP contribution in [0.15, 0.2) is 17.2 Å². The van der Waals surface area contributed by atoms with Crippen molar-refractivity contribution in [1.82, 2.24) is 4.98 Å². The van der Waals surface area contributed by atoms with Gasteiger partial charge in [0.15, 0.2) is 5.03 Å². The molecule has 0 N–H and O–H groups in total. The number of hydrogen-bond acceptors (Lipinski definition) is 3. The van der Waals surface area contributed by atoms with Crippen molar-refractivity contribution in [2.24, 2.45) is 0 Å². The highest BCUT2D eigenvalue weighted by atomic mass is 35.7. The van der Waals surface area contributed by atoms with Gasteiger partial charge in [0, 0.05) is 16.4 Å². The molecule has 0 aromatic carbocycles. The molecule has 1 heterocycles. The van der Waals surface area contributed by atoms with Crippen molar-refractivity contribution in [3.05, 3.63) is 23.4 Å². The Hall–Kier alpha value is -0.610. The fourth-order valence-electron chi connectivity index (χ4n) is 0.743. The van der Waals surface area contributed by atoms with Crippen LogP contribution in [0.4, 0.5) is 0 Å². The number of nitrogens with zero attached hydrogens (tertiary/aromatic N) is 1. The number of hydrogen-bond donors (Lipinski definition) is 0. The number of aromatic nitrogens is 1. The minimum atomic E-state index is -3.68. The van der Waals surface area contributed by atoms with Crippen molar-refractivity contribution >= 4 is 19.7 Å². The zero-order valence-electron chi connectivity index (χ0n) is 6.70. The van der Waals surface area contributed by atoms with Gasteiger partial charge in [-0.2, -0.15) is 0 Å². The van der Waals surface area contributed by atoms with Gasteiger partial charge in [-0.25, -0.2) is 13.4 Å². The lowest BCUT2D eigenvalue weighted by Gasteiger charge is -1.99. The first-order chi connectivity index (χ1) is 5.41. The van der Waals surface area contributed by atoms with Crippen LogP contribution >= 0.6 is 10.7 Å². The summed E-state index contributed by atoms with van der Waals surface area (Å²) in [5.74, 6) is 0. The molecule has 0 aliphatic rings. The van der Waals surface area contributed by atoms with Crippen molar-refractivity contribution in [3.63, 3.8) is 0 Å². The predicted octanol–water partition coefficient (Wildman–Crippen LogP) is 1.63. The first-order valence-electron chi connectivity index (χ1n) is 3.30. The molecule has 3 nitrogen and oxygen atoms in total. The van der Waals surface area contributed by atoms with Crippen molar-refractivity contribution in [2.45, 2.75) is 18.9 Å². The highest BCUT2D eigenvalue weighted by Gasteiger charge is 2.11. The molecule has 0 atom stereocenters. The first-order valence-corrected chi connectivity index (χ1v) is 5.61. The fraction of sp³-hybridized carbons (Fsp3) is 0.286. The molecule has 0 aliphatic carbocycles. The SMILES string of the molecule is Cc1ccc(S(=O)(=O)Cl)nc1C. The van der Waals surface area contributed by atoms with E-state index in [1.165, 1.54) is 6.07 Å². The lowest BCUT2D eigenvalue weighted by molar-refractivity contribution is 0.605. The van der Waals surface area contributed by atoms with Crippen LogP contribution in [0, 0.1) is 13.8 Å². The first kappa shape index (κ1) is 9.48. The molecule has 1 aromatic rings. The molecule has 0 spiro atoms. The van der Waals surface area contributed by atoms with Crippen LogP contribution in [0.2, 0.25) is 0 Å². The molecule has 0 fully saturated rings. The summed E-state index contributed by atoms with van der Waals surface area (Å²) in [6, 6.07) is 3.07. The third-order valence-corrected chi connectivity index (χ3v) is 2.78. The van der Waals surface area contributed by atoms with E-state index in [4.69, 9.17) is 10.7 Å². The molecular formula is C7H8ClNO2S. The summed E-state index contributed by atoms with van der Waals surface area (Å²) < 4.78 is 21.6. The van der Waals surface area contributed by atoms with Crippen LogP contribution in [-0.4, -0.2) is 13.4 Å². The molecular weight excluding hydrogens is 198 g/mol. The van der Waals surface area contributed by atoms with Crippen molar-refractivity contribution in [1.29, 1.82) is 0 Å². The van der Waals surface area contributed by atoms with Crippen molar-refractivity contribution in [2.75, 3.05) is 0 Å². The summed E-state index contributed by atoms with van der Waals surface area (Å²) in [4.78, 5) is 3.82. The minimum Gasteiger partial charge on any atom is -0.240 e. The normalized spacial score (nSPS) is 11.6. The molecule has 0 saturated heterocycles. The Morgan fingerprint density at radius 2 is 1.92 bits per heavy atom. The van der Waals surface area contributed by atoms with E-state index in [-0.39, 0.29) is 5.03 Å². The van der Waals surface area contributed by atoms with Crippen LogP contribution in [0.5, 0.6) is 0 Å². The second-order valence-electron chi connectivity index (χ2n) is 2.49. The van der Waals surface area contributed by atoms with Gasteiger partial charge in [-0.1, -0.05) is 6.07 Å². The van der Waals surface area contributed by atoms with Gasteiger partial charge in [0.05, 0.1) is 0 Å². The standard InChI is InChI=1S/C7H8ClNO2S/c1-5-3-4-7(9-6(5)2)12(8,10)11/h3-4H,1-2H3. The van der Waals surface area contributed by atoms with E-state index in [0.29, 0.717) is 5.69 Å². The van der Waals surface area contributed by atoms with Gasteiger partial charge in [0.2, 0.25) is 0 Å². The number of aryl methyl sites for hydroxylation is 2. The Kier molecular flexibility index (Phi) is 2.39. The molecule has 1 rings (SSSR count). The quantitative estimate of drug-likeness (QED) is 0.655. The van der Waals surface area contributed by atoms with Gasteiger partial charge in [0.1, 0.15) is 0 Å². The van der Waals surface area contributed by atoms with E-state index < -0.39 is 9.05 Å². The van der Waals surface area contributed by atoms with Gasteiger partial charge in [-0.3, -0.25) is 0 Å². The van der Waals surface area contributed by atoms with Crippen LogP contribution in [0.3, 0.4) is 0 Å². The largest absolute Gasteiger partial charge is 0.278 e. The molecule has 0 saturated carbocycles. The van der Waals surface area contributed by atoms with Crippen molar-refractivity contribution < 1.29 is 8.42 Å². The Morgan fingerprint density at radius 3 is 2.33 bits per heavy atom.